The number of nitrogens with two attached hydrogens (primary N) is 1. The van der Waals surface area contributed by atoms with E-state index in [4.69, 9.17) is 10.5 Å². The lowest BCUT2D eigenvalue weighted by atomic mass is 10.1. The minimum absolute atomic E-state index is 0. The summed E-state index contributed by atoms with van der Waals surface area (Å²) in [5, 5.41) is 3.82. The van der Waals surface area contributed by atoms with Crippen LogP contribution in [0.25, 0.3) is 22.2 Å². The molecule has 2 heterocycles. The van der Waals surface area contributed by atoms with Gasteiger partial charge in [0.2, 0.25) is 0 Å². The van der Waals surface area contributed by atoms with Crippen molar-refractivity contribution in [2.24, 2.45) is 0 Å². The smallest absolute Gasteiger partial charge is 0.278 e. The summed E-state index contributed by atoms with van der Waals surface area (Å²) in [6.45, 7) is 0. The van der Waals surface area contributed by atoms with Crippen molar-refractivity contribution < 1.29 is 13.8 Å². The van der Waals surface area contributed by atoms with Gasteiger partial charge in [-0.25, -0.2) is 9.97 Å². The van der Waals surface area contributed by atoms with Crippen molar-refractivity contribution in [1.29, 1.82) is 0 Å². The number of H-pyrrole nitrogens is 1. The molecule has 0 aliphatic heterocycles. The quantitative estimate of drug-likeness (QED) is 0.502. The largest absolute Gasteiger partial charge is 0.495 e. The number of fused-ring (bicyclic) bond motifs is 1. The first kappa shape index (κ1) is 16.6. The van der Waals surface area contributed by atoms with Crippen molar-refractivity contribution in [3.63, 3.8) is 0 Å². The van der Waals surface area contributed by atoms with E-state index < -0.39 is 5.91 Å². The van der Waals surface area contributed by atoms with Gasteiger partial charge >= 0.3 is 0 Å². The molecule has 4 N–H and O–H groups in total. The van der Waals surface area contributed by atoms with E-state index in [1.807, 2.05) is 36.5 Å². The van der Waals surface area contributed by atoms with Gasteiger partial charge < -0.3 is 20.8 Å². The molecule has 0 saturated carbocycles. The molecule has 0 fully saturated rings. The standard InChI is InChI=1S/C20H17N5O2.3H2/c1-27-17-5-3-2-4-15(17)25-20(26)18-19(21)23-11-16(24-18)12-6-7-14-13(10-12)8-9-22-14;;;/h2-11,22H,1H3,(H2,21,23)(H,25,26);3*1H. The number of methoxy groups -OCH3 is 1. The van der Waals surface area contributed by atoms with Crippen LogP contribution in [0.5, 0.6) is 5.75 Å². The second-order valence-electron chi connectivity index (χ2n) is 5.92. The Kier molecular flexibility index (Phi) is 4.18. The molecule has 2 aromatic carbocycles. The predicted octanol–water partition coefficient (Wildman–Crippen LogP) is 4.21. The summed E-state index contributed by atoms with van der Waals surface area (Å²) < 4.78 is 5.25. The van der Waals surface area contributed by atoms with E-state index in [1.165, 1.54) is 7.11 Å². The summed E-state index contributed by atoms with van der Waals surface area (Å²) in [5.74, 6) is 0.161. The average Bonchev–Trinajstić information content (AvgIpc) is 3.16. The highest BCUT2D eigenvalue weighted by Gasteiger charge is 2.16. The molecular formula is C20H23N5O2. The van der Waals surface area contributed by atoms with Crippen LogP contribution in [0.1, 0.15) is 14.8 Å². The molecule has 0 bridgehead atoms. The number of carbonyl (C=O) groups excluding carboxylic acids is 1. The molecule has 2 aromatic heterocycles. The summed E-state index contributed by atoms with van der Waals surface area (Å²) in [4.78, 5) is 24.4. The molecule has 140 valence electrons. The van der Waals surface area contributed by atoms with Gasteiger partial charge in [-0.1, -0.05) is 18.2 Å². The molecule has 0 radical (unpaired) electrons. The summed E-state index contributed by atoms with van der Waals surface area (Å²) >= 11 is 0. The molecule has 0 aliphatic carbocycles. The Labute approximate surface area is 159 Å². The Morgan fingerprint density at radius 2 is 2.07 bits per heavy atom. The van der Waals surface area contributed by atoms with Crippen molar-refractivity contribution in [2.45, 2.75) is 0 Å². The molecule has 7 heteroatoms. The van der Waals surface area contributed by atoms with E-state index in [-0.39, 0.29) is 15.8 Å². The van der Waals surface area contributed by atoms with Gasteiger partial charge in [0, 0.05) is 26.9 Å². The summed E-state index contributed by atoms with van der Waals surface area (Å²) in [5.41, 5.74) is 8.93. The van der Waals surface area contributed by atoms with Gasteiger partial charge in [-0.2, -0.15) is 0 Å². The number of carbonyl (C=O) groups is 1. The van der Waals surface area contributed by atoms with E-state index >= 15 is 0 Å². The van der Waals surface area contributed by atoms with Crippen LogP contribution >= 0.6 is 0 Å². The number of amides is 1. The molecule has 0 saturated heterocycles. The fourth-order valence-corrected chi connectivity index (χ4v) is 2.85. The van der Waals surface area contributed by atoms with Crippen molar-refractivity contribution in [3.05, 3.63) is 66.6 Å². The van der Waals surface area contributed by atoms with Crippen LogP contribution in [0.4, 0.5) is 11.5 Å². The molecule has 1 amide bonds. The fraction of sp³-hybridized carbons (Fsp3) is 0.0500. The Bertz CT molecular complexity index is 1150. The number of para-hydroxylation sites is 2. The van der Waals surface area contributed by atoms with Crippen LogP contribution in [-0.4, -0.2) is 28.0 Å². The number of aromatic amines is 1. The lowest BCUT2D eigenvalue weighted by Gasteiger charge is -2.11. The molecular weight excluding hydrogens is 342 g/mol. The first-order chi connectivity index (χ1) is 13.2. The molecule has 4 aromatic rings. The molecule has 4 rings (SSSR count). The van der Waals surface area contributed by atoms with E-state index in [1.54, 1.807) is 24.4 Å². The maximum absolute atomic E-state index is 12.7. The van der Waals surface area contributed by atoms with Crippen molar-refractivity contribution in [2.75, 3.05) is 18.2 Å². The number of rotatable bonds is 4. The van der Waals surface area contributed by atoms with Crippen LogP contribution in [-0.2, 0) is 0 Å². The minimum atomic E-state index is -0.450. The van der Waals surface area contributed by atoms with Gasteiger partial charge in [0.15, 0.2) is 11.5 Å². The topological polar surface area (TPSA) is 106 Å². The van der Waals surface area contributed by atoms with Crippen LogP contribution in [0.3, 0.4) is 0 Å². The van der Waals surface area contributed by atoms with Gasteiger partial charge in [-0.3, -0.25) is 4.79 Å². The van der Waals surface area contributed by atoms with Crippen molar-refractivity contribution in [3.8, 4) is 17.0 Å². The predicted molar refractivity (Wildman–Crippen MR) is 111 cm³/mol. The lowest BCUT2D eigenvalue weighted by molar-refractivity contribution is 0.102. The fourth-order valence-electron chi connectivity index (χ4n) is 2.85. The second-order valence-corrected chi connectivity index (χ2v) is 5.92. The molecule has 0 spiro atoms. The van der Waals surface area contributed by atoms with Gasteiger partial charge in [0.25, 0.3) is 5.91 Å². The van der Waals surface area contributed by atoms with Crippen molar-refractivity contribution >= 4 is 28.3 Å². The Balaban J connectivity index is 0.00000150. The van der Waals surface area contributed by atoms with Crippen molar-refractivity contribution in [1.82, 2.24) is 15.0 Å². The molecule has 0 aliphatic rings. The number of benzene rings is 2. The number of nitrogens with zero attached hydrogens (tertiary/aromatic N) is 2. The SMILES string of the molecule is COc1ccccc1NC(=O)c1nc(-c2ccc3[nH]ccc3c2)cnc1N.[HH].[HH].[HH]. The zero-order valence-electron chi connectivity index (χ0n) is 14.6. The Hall–Kier alpha value is -3.87. The number of hydrogen-bond acceptors (Lipinski definition) is 5. The number of nitrogens with one attached hydrogen (secondary N) is 2. The highest BCUT2D eigenvalue weighted by atomic mass is 16.5. The maximum Gasteiger partial charge on any atom is 0.278 e. The van der Waals surface area contributed by atoms with Crippen LogP contribution in [0, 0.1) is 0 Å². The van der Waals surface area contributed by atoms with Crippen LogP contribution in [0.2, 0.25) is 0 Å². The van der Waals surface area contributed by atoms with E-state index in [0.717, 1.165) is 16.5 Å². The highest BCUT2D eigenvalue weighted by molar-refractivity contribution is 6.06. The number of anilines is 2. The summed E-state index contributed by atoms with van der Waals surface area (Å²) in [6.07, 6.45) is 3.43. The monoisotopic (exact) mass is 365 g/mol. The molecule has 0 atom stereocenters. The van der Waals surface area contributed by atoms with Gasteiger partial charge in [-0.15, -0.1) is 0 Å². The van der Waals surface area contributed by atoms with Gasteiger partial charge in [-0.05, 0) is 30.3 Å². The third-order valence-corrected chi connectivity index (χ3v) is 4.22. The molecule has 0 unspecified atom stereocenters. The first-order valence-corrected chi connectivity index (χ1v) is 8.30. The summed E-state index contributed by atoms with van der Waals surface area (Å²) in [7, 11) is 1.54. The van der Waals surface area contributed by atoms with Gasteiger partial charge in [0.1, 0.15) is 5.75 Å². The minimum Gasteiger partial charge on any atom is -0.495 e. The Morgan fingerprint density at radius 3 is 2.93 bits per heavy atom. The van der Waals surface area contributed by atoms with E-state index in [9.17, 15) is 4.79 Å². The zero-order chi connectivity index (χ0) is 18.8. The highest BCUT2D eigenvalue weighted by Crippen LogP contribution is 2.26. The molecule has 27 heavy (non-hydrogen) atoms. The average molecular weight is 365 g/mol. The summed E-state index contributed by atoms with van der Waals surface area (Å²) in [6, 6.07) is 14.9. The first-order valence-electron chi connectivity index (χ1n) is 8.30. The third kappa shape index (κ3) is 3.18. The zero-order valence-corrected chi connectivity index (χ0v) is 14.6. The number of aromatic nitrogens is 3. The second kappa shape index (κ2) is 6.80. The normalized spacial score (nSPS) is 10.7. The number of nitrogen functional groups attached to an aromatic ring is 1. The number of hydrogen-bond donors (Lipinski definition) is 3. The van der Waals surface area contributed by atoms with Crippen LogP contribution < -0.4 is 15.8 Å². The third-order valence-electron chi connectivity index (χ3n) is 4.22. The van der Waals surface area contributed by atoms with E-state index in [0.29, 0.717) is 17.1 Å². The number of ether oxygens (including phenoxy) is 1. The van der Waals surface area contributed by atoms with Crippen LogP contribution in [0.15, 0.2) is 60.9 Å². The lowest BCUT2D eigenvalue weighted by Crippen LogP contribution is -2.17. The Morgan fingerprint density at radius 1 is 1.22 bits per heavy atom. The maximum atomic E-state index is 12.7. The molecule has 7 nitrogen and oxygen atoms in total. The van der Waals surface area contributed by atoms with Gasteiger partial charge in [0.05, 0.1) is 24.7 Å². The van der Waals surface area contributed by atoms with E-state index in [2.05, 4.69) is 20.3 Å².